The van der Waals surface area contributed by atoms with Crippen molar-refractivity contribution in [1.82, 2.24) is 0 Å². The second kappa shape index (κ2) is 17.6. The highest BCUT2D eigenvalue weighted by Crippen LogP contribution is 2.56. The Morgan fingerprint density at radius 1 is 1.02 bits per heavy atom. The number of esters is 1. The molecule has 0 bridgehead atoms. The average molecular weight is 819 g/mol. The van der Waals surface area contributed by atoms with Crippen LogP contribution in [0, 0.1) is 35.5 Å². The molecular weight excluding hydrogens is 752 g/mol. The number of carboxylic acid groups (broad SMARTS) is 1. The van der Waals surface area contributed by atoms with Crippen molar-refractivity contribution in [1.29, 1.82) is 0 Å². The number of Topliss-reactive ketones (excluding diaryl/α,β-unsaturated/α-hetero) is 1. The number of aromatic hydroxyl groups is 1. The van der Waals surface area contributed by atoms with Crippen LogP contribution in [0.3, 0.4) is 0 Å². The minimum absolute atomic E-state index is 0.0480. The van der Waals surface area contributed by atoms with E-state index in [2.05, 4.69) is 0 Å². The Labute approximate surface area is 342 Å². The van der Waals surface area contributed by atoms with Gasteiger partial charge in [0.15, 0.2) is 11.9 Å². The zero-order valence-electron chi connectivity index (χ0n) is 35.8. The molecule has 58 heavy (non-hydrogen) atoms. The number of ketones is 1. The number of carbonyl (C=O) groups excluding carboxylic acids is 2. The molecule has 3 saturated heterocycles. The van der Waals surface area contributed by atoms with Crippen LogP contribution in [-0.2, 0) is 44.4 Å². The Morgan fingerprint density at radius 3 is 2.29 bits per heavy atom. The smallest absolute Gasteiger partial charge is 0.339 e. The lowest BCUT2D eigenvalue weighted by Gasteiger charge is -2.54. The Morgan fingerprint density at radius 2 is 1.69 bits per heavy atom. The number of ether oxygens (including phenoxy) is 6. The summed E-state index contributed by atoms with van der Waals surface area (Å²) in [7, 11) is 1.51. The molecule has 0 aliphatic carbocycles. The van der Waals surface area contributed by atoms with Gasteiger partial charge in [0.05, 0.1) is 37.1 Å². The first-order valence-electron chi connectivity index (χ1n) is 20.9. The summed E-state index contributed by atoms with van der Waals surface area (Å²) in [6.45, 7) is 18.3. The first kappa shape index (κ1) is 46.1. The molecule has 4 heterocycles. The van der Waals surface area contributed by atoms with Crippen LogP contribution in [0.4, 0.5) is 0 Å². The Bertz CT molecular complexity index is 1700. The topological polar surface area (TPSA) is 208 Å². The Hall–Kier alpha value is -2.95. The molecule has 1 aromatic carbocycles. The monoisotopic (exact) mass is 818 g/mol. The van der Waals surface area contributed by atoms with Crippen molar-refractivity contribution in [2.75, 3.05) is 13.7 Å². The van der Waals surface area contributed by atoms with Crippen molar-refractivity contribution in [3.05, 3.63) is 41.0 Å². The van der Waals surface area contributed by atoms with Gasteiger partial charge in [-0.15, -0.1) is 0 Å². The van der Waals surface area contributed by atoms with E-state index in [1.165, 1.54) is 7.11 Å². The lowest BCUT2D eigenvalue weighted by molar-refractivity contribution is -0.414. The zero-order valence-corrected chi connectivity index (χ0v) is 35.8. The summed E-state index contributed by atoms with van der Waals surface area (Å²) in [5.74, 6) is -8.68. The Balaban J connectivity index is 1.34. The summed E-state index contributed by atoms with van der Waals surface area (Å²) in [4.78, 5) is 39.0. The second-order valence-corrected chi connectivity index (χ2v) is 17.7. The van der Waals surface area contributed by atoms with Crippen LogP contribution in [0.15, 0.2) is 24.3 Å². The van der Waals surface area contributed by atoms with Crippen LogP contribution in [-0.4, -0.2) is 117 Å². The summed E-state index contributed by atoms with van der Waals surface area (Å²) in [6.07, 6.45) is -2.14. The molecule has 0 aromatic heterocycles. The molecule has 0 saturated carbocycles. The van der Waals surface area contributed by atoms with Gasteiger partial charge in [0, 0.05) is 37.2 Å². The number of phenols is 1. The highest BCUT2D eigenvalue weighted by atomic mass is 16.8. The first-order valence-corrected chi connectivity index (χ1v) is 20.9. The lowest BCUT2D eigenvalue weighted by Crippen LogP contribution is -2.64. The zero-order chi connectivity index (χ0) is 43.2. The van der Waals surface area contributed by atoms with Gasteiger partial charge in [0.25, 0.3) is 0 Å². The van der Waals surface area contributed by atoms with E-state index in [9.17, 15) is 39.9 Å². The Kier molecular flexibility index (Phi) is 14.0. The maximum atomic E-state index is 14.3. The van der Waals surface area contributed by atoms with Crippen LogP contribution in [0.2, 0.25) is 0 Å². The highest BCUT2D eigenvalue weighted by molar-refractivity contribution is 5.93. The van der Waals surface area contributed by atoms with Gasteiger partial charge in [-0.05, 0) is 74.1 Å². The summed E-state index contributed by atoms with van der Waals surface area (Å²) >= 11 is 0. The van der Waals surface area contributed by atoms with E-state index < -0.39 is 95.5 Å². The van der Waals surface area contributed by atoms with Gasteiger partial charge in [0.2, 0.25) is 5.79 Å². The maximum Gasteiger partial charge on any atom is 0.339 e. The van der Waals surface area contributed by atoms with E-state index in [0.717, 1.165) is 0 Å². The number of benzene rings is 1. The van der Waals surface area contributed by atoms with Gasteiger partial charge in [-0.1, -0.05) is 67.5 Å². The van der Waals surface area contributed by atoms with Crippen molar-refractivity contribution in [2.24, 2.45) is 35.5 Å². The molecule has 1 aromatic rings. The molecule has 5 rings (SSSR count). The fraction of sp³-hybridized carbons (Fsp3) is 0.750. The molecule has 326 valence electrons. The van der Waals surface area contributed by atoms with Crippen molar-refractivity contribution < 1.29 is 68.3 Å². The first-order chi connectivity index (χ1) is 27.1. The normalized spacial score (nSPS) is 38.7. The van der Waals surface area contributed by atoms with E-state index in [0.29, 0.717) is 30.4 Å². The van der Waals surface area contributed by atoms with Crippen LogP contribution in [0.25, 0.3) is 0 Å². The largest absolute Gasteiger partial charge is 0.507 e. The van der Waals surface area contributed by atoms with Crippen LogP contribution in [0.1, 0.15) is 116 Å². The standard InChI is InChI=1S/C44H66O14/c1-12-28-14-15-29(33(36(28)49)40(50)51)21(3)18-22(4)34(47)25(7)35(48)26(8)37-23(5)19-24(6)43(56-37)17-16-31(46)44(58-43)27(9)39(53-11)42(10,57-44)32-20-30(45)38(55-32)41(52)54-13-2/h14-17,21-27,30-32,34,37-39,45-47,49H,12-13,18-20H2,1-11H3,(H,50,51)/t21?,22-,23+,24-,25+,26?,27?,30-,31?,32?,34?,37-,38?,39-,42?,43?,44?/m1/s1. The number of carboxylic acids is 1. The quantitative estimate of drug-likeness (QED) is 0.125. The molecule has 14 heteroatoms. The van der Waals surface area contributed by atoms with Crippen molar-refractivity contribution >= 4 is 17.7 Å². The fourth-order valence-electron chi connectivity index (χ4n) is 10.4. The number of aromatic carboxylic acids is 1. The molecule has 3 fully saturated rings. The van der Waals surface area contributed by atoms with E-state index in [4.69, 9.17) is 28.4 Å². The van der Waals surface area contributed by atoms with Gasteiger partial charge >= 0.3 is 11.9 Å². The van der Waals surface area contributed by atoms with E-state index in [1.807, 2.05) is 41.5 Å². The summed E-state index contributed by atoms with van der Waals surface area (Å²) in [5, 5.41) is 54.7. The number of carbonyl (C=O) groups is 3. The van der Waals surface area contributed by atoms with Crippen LogP contribution in [0.5, 0.6) is 5.75 Å². The lowest BCUT2D eigenvalue weighted by atomic mass is 9.74. The van der Waals surface area contributed by atoms with Crippen LogP contribution < -0.4 is 0 Å². The van der Waals surface area contributed by atoms with Gasteiger partial charge in [0.1, 0.15) is 28.8 Å². The molecule has 17 atom stereocenters. The van der Waals surface area contributed by atoms with E-state index in [1.54, 1.807) is 52.0 Å². The van der Waals surface area contributed by atoms with Crippen molar-refractivity contribution in [3.63, 3.8) is 0 Å². The summed E-state index contributed by atoms with van der Waals surface area (Å²) in [5.41, 5.74) is -0.434. The predicted molar refractivity (Wildman–Crippen MR) is 211 cm³/mol. The molecule has 0 radical (unpaired) electrons. The average Bonchev–Trinajstić information content (AvgIpc) is 3.67. The number of rotatable bonds is 14. The number of hydrogen-bond donors (Lipinski definition) is 5. The third kappa shape index (κ3) is 8.00. The third-order valence-corrected chi connectivity index (χ3v) is 13.7. The number of aliphatic hydroxyl groups is 3. The molecule has 0 amide bonds. The fourth-order valence-corrected chi connectivity index (χ4v) is 10.4. The molecule has 10 unspecified atom stereocenters. The van der Waals surface area contributed by atoms with Crippen molar-refractivity contribution in [2.45, 2.75) is 161 Å². The van der Waals surface area contributed by atoms with Crippen molar-refractivity contribution in [3.8, 4) is 5.75 Å². The van der Waals surface area contributed by atoms with E-state index in [-0.39, 0.29) is 47.9 Å². The SMILES string of the molecule is CCOC(=O)C1OC(C2(C)OC3(OC4(C=CC3O)O[C@@H](C(C)C(=O)[C@@H](C)C(O)[C@H](C)CC(C)c3ccc(CC)c(O)c3C(=O)O)[C@@H](C)C[C@H]4C)C(C)[C@H]2OC)C[C@H]1O. The highest BCUT2D eigenvalue weighted by Gasteiger charge is 2.70. The third-order valence-electron chi connectivity index (χ3n) is 13.7. The molecule has 5 N–H and O–H groups in total. The predicted octanol–water partition coefficient (Wildman–Crippen LogP) is 4.91. The summed E-state index contributed by atoms with van der Waals surface area (Å²) < 4.78 is 37.8. The van der Waals surface area contributed by atoms with Gasteiger partial charge in [-0.25, -0.2) is 9.59 Å². The molecular formula is C44H66O14. The van der Waals surface area contributed by atoms with Gasteiger partial charge < -0.3 is 54.0 Å². The molecule has 4 aliphatic heterocycles. The van der Waals surface area contributed by atoms with Gasteiger partial charge in [-0.2, -0.15) is 0 Å². The number of methoxy groups -OCH3 is 1. The minimum Gasteiger partial charge on any atom is -0.507 e. The molecule has 2 spiro atoms. The minimum atomic E-state index is -1.71. The van der Waals surface area contributed by atoms with E-state index >= 15 is 0 Å². The number of hydrogen-bond acceptors (Lipinski definition) is 13. The van der Waals surface area contributed by atoms with Crippen LogP contribution >= 0.6 is 0 Å². The maximum absolute atomic E-state index is 14.3. The van der Waals surface area contributed by atoms with Gasteiger partial charge in [-0.3, -0.25) is 4.79 Å². The number of aliphatic hydroxyl groups excluding tert-OH is 3. The molecule has 4 aliphatic rings. The second-order valence-electron chi connectivity index (χ2n) is 17.7. The molecule has 14 nitrogen and oxygen atoms in total. The summed E-state index contributed by atoms with van der Waals surface area (Å²) in [6, 6.07) is 3.44. The number of aryl methyl sites for hydroxylation is 1.